The summed E-state index contributed by atoms with van der Waals surface area (Å²) in [5.41, 5.74) is 5.53. The molecule has 1 aliphatic rings. The number of nitrogens with one attached hydrogen (secondary N) is 1. The number of aryl methyl sites for hydroxylation is 1. The fourth-order valence-electron chi connectivity index (χ4n) is 4.13. The second-order valence-electron chi connectivity index (χ2n) is 8.05. The van der Waals surface area contributed by atoms with Crippen molar-refractivity contribution in [2.45, 2.75) is 52.6 Å². The normalized spacial score (nSPS) is 16.5. The zero-order valence-corrected chi connectivity index (χ0v) is 16.3. The van der Waals surface area contributed by atoms with Crippen LogP contribution in [0.25, 0.3) is 10.9 Å². The van der Waals surface area contributed by atoms with E-state index in [9.17, 15) is 4.79 Å². The highest BCUT2D eigenvalue weighted by molar-refractivity contribution is 6.07. The van der Waals surface area contributed by atoms with Crippen molar-refractivity contribution in [2.75, 3.05) is 0 Å². The van der Waals surface area contributed by atoms with Gasteiger partial charge < -0.3 is 9.88 Å². The number of aromatic nitrogens is 2. The molecule has 1 unspecified atom stereocenters. The Morgan fingerprint density at radius 2 is 2.15 bits per heavy atom. The largest absolute Gasteiger partial charge is 0.358 e. The summed E-state index contributed by atoms with van der Waals surface area (Å²) in [4.78, 5) is 23.2. The lowest BCUT2D eigenvalue weighted by Gasteiger charge is -2.27. The number of benzene rings is 1. The monoisotopic (exact) mass is 361 g/mol. The van der Waals surface area contributed by atoms with Crippen LogP contribution < -0.4 is 0 Å². The first-order valence-corrected chi connectivity index (χ1v) is 9.87. The third-order valence-corrected chi connectivity index (χ3v) is 5.66. The highest BCUT2D eigenvalue weighted by Gasteiger charge is 2.25. The van der Waals surface area contributed by atoms with Crippen LogP contribution in [0.5, 0.6) is 0 Å². The molecule has 1 aromatic carbocycles. The molecule has 4 rings (SSSR count). The van der Waals surface area contributed by atoms with Gasteiger partial charge in [0.1, 0.15) is 0 Å². The zero-order chi connectivity index (χ0) is 19.0. The molecule has 1 amide bonds. The maximum absolute atomic E-state index is 13.5. The van der Waals surface area contributed by atoms with E-state index in [-0.39, 0.29) is 11.9 Å². The average molecular weight is 361 g/mol. The number of fused-ring (bicyclic) bond motifs is 3. The van der Waals surface area contributed by atoms with E-state index in [1.54, 1.807) is 6.20 Å². The molecule has 4 nitrogen and oxygen atoms in total. The predicted octanol–water partition coefficient (Wildman–Crippen LogP) is 4.74. The molecule has 1 N–H and O–H groups in total. The summed E-state index contributed by atoms with van der Waals surface area (Å²) in [6, 6.07) is 10.2. The van der Waals surface area contributed by atoms with Gasteiger partial charge in [-0.3, -0.25) is 9.78 Å². The second kappa shape index (κ2) is 7.18. The molecule has 0 aliphatic heterocycles. The Morgan fingerprint density at radius 3 is 2.89 bits per heavy atom. The molecule has 2 aromatic heterocycles. The zero-order valence-electron chi connectivity index (χ0n) is 16.3. The molecule has 3 aromatic rings. The Kier molecular flexibility index (Phi) is 4.73. The number of H-pyrrole nitrogens is 1. The van der Waals surface area contributed by atoms with Crippen LogP contribution in [0.4, 0.5) is 0 Å². The molecule has 27 heavy (non-hydrogen) atoms. The molecule has 4 heteroatoms. The number of hydrogen-bond donors (Lipinski definition) is 1. The molecular weight excluding hydrogens is 334 g/mol. The third-order valence-electron chi connectivity index (χ3n) is 5.66. The molecule has 1 atom stereocenters. The van der Waals surface area contributed by atoms with E-state index in [0.717, 1.165) is 29.5 Å². The Hall–Kier alpha value is -2.62. The Balaban J connectivity index is 1.73. The Morgan fingerprint density at radius 1 is 1.30 bits per heavy atom. The van der Waals surface area contributed by atoms with Gasteiger partial charge in [0.25, 0.3) is 5.91 Å². The van der Waals surface area contributed by atoms with E-state index < -0.39 is 0 Å². The van der Waals surface area contributed by atoms with E-state index >= 15 is 0 Å². The van der Waals surface area contributed by atoms with Gasteiger partial charge in [0, 0.05) is 36.1 Å². The first kappa shape index (κ1) is 17.8. The summed E-state index contributed by atoms with van der Waals surface area (Å²) in [5, 5.41) is 1.22. The smallest absolute Gasteiger partial charge is 0.256 e. The Bertz CT molecular complexity index is 958. The summed E-state index contributed by atoms with van der Waals surface area (Å²) in [6.07, 6.45) is 6.97. The molecule has 2 heterocycles. The van der Waals surface area contributed by atoms with Crippen molar-refractivity contribution in [3.8, 4) is 0 Å². The summed E-state index contributed by atoms with van der Waals surface area (Å²) < 4.78 is 0. The van der Waals surface area contributed by atoms with Crippen LogP contribution in [-0.4, -0.2) is 26.8 Å². The van der Waals surface area contributed by atoms with E-state index in [1.165, 1.54) is 23.1 Å². The minimum atomic E-state index is 0.0751. The van der Waals surface area contributed by atoms with Gasteiger partial charge in [-0.05, 0) is 62.3 Å². The van der Waals surface area contributed by atoms with Crippen LogP contribution in [0.2, 0.25) is 0 Å². The van der Waals surface area contributed by atoms with Gasteiger partial charge in [-0.15, -0.1) is 0 Å². The number of carbonyl (C=O) groups excluding carboxylic acids is 1. The predicted molar refractivity (Wildman–Crippen MR) is 109 cm³/mol. The van der Waals surface area contributed by atoms with Crippen LogP contribution in [0.15, 0.2) is 42.7 Å². The van der Waals surface area contributed by atoms with Crippen molar-refractivity contribution in [1.29, 1.82) is 0 Å². The van der Waals surface area contributed by atoms with Gasteiger partial charge in [-0.25, -0.2) is 0 Å². The van der Waals surface area contributed by atoms with Gasteiger partial charge in [-0.1, -0.05) is 25.1 Å². The lowest BCUT2D eigenvalue weighted by molar-refractivity contribution is 0.0692. The Labute approximate surface area is 160 Å². The summed E-state index contributed by atoms with van der Waals surface area (Å²) in [6.45, 7) is 7.01. The summed E-state index contributed by atoms with van der Waals surface area (Å²) >= 11 is 0. The highest BCUT2D eigenvalue weighted by atomic mass is 16.2. The van der Waals surface area contributed by atoms with Gasteiger partial charge in [0.2, 0.25) is 0 Å². The van der Waals surface area contributed by atoms with Crippen LogP contribution in [0, 0.1) is 5.92 Å². The van der Waals surface area contributed by atoms with Crippen LogP contribution in [0.3, 0.4) is 0 Å². The lowest BCUT2D eigenvalue weighted by Crippen LogP contribution is -2.36. The van der Waals surface area contributed by atoms with E-state index in [4.69, 9.17) is 0 Å². The van der Waals surface area contributed by atoms with Crippen molar-refractivity contribution < 1.29 is 4.79 Å². The third kappa shape index (κ3) is 3.36. The van der Waals surface area contributed by atoms with Crippen LogP contribution in [0.1, 0.15) is 54.4 Å². The molecule has 0 fully saturated rings. The molecule has 0 radical (unpaired) electrons. The molecular formula is C23H27N3O. The second-order valence-corrected chi connectivity index (χ2v) is 8.05. The van der Waals surface area contributed by atoms with Crippen molar-refractivity contribution >= 4 is 16.8 Å². The van der Waals surface area contributed by atoms with Crippen molar-refractivity contribution in [3.63, 3.8) is 0 Å². The first-order valence-electron chi connectivity index (χ1n) is 9.87. The lowest BCUT2D eigenvalue weighted by atomic mass is 9.87. The van der Waals surface area contributed by atoms with Gasteiger partial charge in [-0.2, -0.15) is 0 Å². The maximum atomic E-state index is 13.5. The number of carbonyl (C=O) groups is 1. The minimum absolute atomic E-state index is 0.0751. The number of rotatable bonds is 4. The summed E-state index contributed by atoms with van der Waals surface area (Å²) in [5.74, 6) is 0.777. The van der Waals surface area contributed by atoms with Crippen molar-refractivity contribution in [3.05, 3.63) is 65.1 Å². The maximum Gasteiger partial charge on any atom is 0.256 e. The van der Waals surface area contributed by atoms with E-state index in [1.807, 2.05) is 35.4 Å². The number of para-hydroxylation sites is 1. The molecule has 0 saturated carbocycles. The average Bonchev–Trinajstić information content (AvgIpc) is 3.04. The SMILES string of the molecule is CC1CCc2[nH]c3c(C(=O)N(Cc4cccnc4)C(C)C)cccc3c2C1. The van der Waals surface area contributed by atoms with E-state index in [2.05, 4.69) is 36.8 Å². The van der Waals surface area contributed by atoms with E-state index in [0.29, 0.717) is 12.5 Å². The standard InChI is InChI=1S/C23H27N3O/c1-15(2)26(14-17-6-5-11-24-13-17)23(27)19-8-4-7-18-20-12-16(3)9-10-21(20)25-22(18)19/h4-8,11,13,15-16,25H,9-10,12,14H2,1-3H3. The molecule has 0 bridgehead atoms. The van der Waals surface area contributed by atoms with Gasteiger partial charge >= 0.3 is 0 Å². The number of pyridine rings is 1. The van der Waals surface area contributed by atoms with Crippen molar-refractivity contribution in [1.82, 2.24) is 14.9 Å². The number of aromatic amines is 1. The number of nitrogens with zero attached hydrogens (tertiary/aromatic N) is 2. The summed E-state index contributed by atoms with van der Waals surface area (Å²) in [7, 11) is 0. The first-order chi connectivity index (χ1) is 13.0. The van der Waals surface area contributed by atoms with Gasteiger partial charge in [0.05, 0.1) is 11.1 Å². The fraction of sp³-hybridized carbons (Fsp3) is 0.391. The molecule has 1 aliphatic carbocycles. The highest BCUT2D eigenvalue weighted by Crippen LogP contribution is 2.33. The minimum Gasteiger partial charge on any atom is -0.358 e. The molecule has 0 saturated heterocycles. The van der Waals surface area contributed by atoms with Gasteiger partial charge in [0.15, 0.2) is 0 Å². The fourth-order valence-corrected chi connectivity index (χ4v) is 4.13. The van der Waals surface area contributed by atoms with Crippen LogP contribution >= 0.6 is 0 Å². The van der Waals surface area contributed by atoms with Crippen molar-refractivity contribution in [2.24, 2.45) is 5.92 Å². The number of hydrogen-bond acceptors (Lipinski definition) is 2. The quantitative estimate of drug-likeness (QED) is 0.730. The number of amides is 1. The van der Waals surface area contributed by atoms with Crippen LogP contribution in [-0.2, 0) is 19.4 Å². The molecule has 140 valence electrons. The molecule has 0 spiro atoms. The topological polar surface area (TPSA) is 49.0 Å².